The van der Waals surface area contributed by atoms with E-state index in [0.717, 1.165) is 24.0 Å². The van der Waals surface area contributed by atoms with E-state index in [2.05, 4.69) is 6.92 Å². The quantitative estimate of drug-likeness (QED) is 0.431. The third kappa shape index (κ3) is 5.66. The number of unbranched alkanes of at least 4 members (excludes halogenated alkanes) is 2. The number of hydrogen-bond donors (Lipinski definition) is 0. The molecule has 1 heterocycles. The zero-order chi connectivity index (χ0) is 23.8. The molecule has 1 aliphatic heterocycles. The lowest BCUT2D eigenvalue weighted by Gasteiger charge is -2.29. The van der Waals surface area contributed by atoms with Gasteiger partial charge in [0.2, 0.25) is 12.1 Å². The number of likely N-dealkylation sites (N-methyl/N-ethyl adjacent to an activating group) is 1. The van der Waals surface area contributed by atoms with Crippen molar-refractivity contribution in [3.63, 3.8) is 0 Å². The van der Waals surface area contributed by atoms with Crippen LogP contribution in [0.2, 0.25) is 0 Å². The average Bonchev–Trinajstić information content (AvgIpc) is 2.93. The maximum Gasteiger partial charge on any atom is 0.325 e. The lowest BCUT2D eigenvalue weighted by atomic mass is 10.0. The fourth-order valence-corrected chi connectivity index (χ4v) is 3.86. The molecule has 2 aromatic rings. The van der Waals surface area contributed by atoms with Crippen molar-refractivity contribution < 1.29 is 19.1 Å². The molecule has 0 radical (unpaired) electrons. The first kappa shape index (κ1) is 24.2. The van der Waals surface area contributed by atoms with Crippen LogP contribution < -0.4 is 4.90 Å². The number of esters is 1. The number of fused-ring (bicyclic) bond motifs is 1. The molecule has 0 unspecified atom stereocenters. The number of benzodiazepines with no additional fused rings is 1. The number of carbonyl (C=O) groups is 3. The van der Waals surface area contributed by atoms with E-state index in [4.69, 9.17) is 9.73 Å². The standard InChI is InChI=1S/C26H31N3O4/c1-4-6-8-17-22(30)29(18-23(31)33-5-2)25-26(32)28(3)21-16-12-11-15-20(21)24(27-25)19-13-9-7-10-14-19/h7,9-16,25H,4-6,8,17-18H2,1-3H3/t25-/m0/s1. The molecule has 0 aromatic heterocycles. The largest absolute Gasteiger partial charge is 0.465 e. The van der Waals surface area contributed by atoms with Gasteiger partial charge in [-0.15, -0.1) is 0 Å². The maximum atomic E-state index is 13.6. The Labute approximate surface area is 195 Å². The molecule has 0 saturated heterocycles. The van der Waals surface area contributed by atoms with E-state index < -0.39 is 12.1 Å². The normalized spacial score (nSPS) is 15.4. The fraction of sp³-hybridized carbons (Fsp3) is 0.385. The summed E-state index contributed by atoms with van der Waals surface area (Å²) < 4.78 is 5.10. The Morgan fingerprint density at radius 3 is 2.42 bits per heavy atom. The molecule has 1 atom stereocenters. The Morgan fingerprint density at radius 2 is 1.73 bits per heavy atom. The summed E-state index contributed by atoms with van der Waals surface area (Å²) in [6, 6.07) is 17.1. The monoisotopic (exact) mass is 449 g/mol. The van der Waals surface area contributed by atoms with Gasteiger partial charge in [-0.25, -0.2) is 4.99 Å². The molecule has 0 saturated carbocycles. The topological polar surface area (TPSA) is 79.3 Å². The second-order valence-electron chi connectivity index (χ2n) is 7.92. The second-order valence-corrected chi connectivity index (χ2v) is 7.92. The molecule has 1 aliphatic rings. The molecule has 33 heavy (non-hydrogen) atoms. The van der Waals surface area contributed by atoms with Crippen molar-refractivity contribution in [3.05, 3.63) is 65.7 Å². The summed E-state index contributed by atoms with van der Waals surface area (Å²) in [4.78, 5) is 46.8. The lowest BCUT2D eigenvalue weighted by molar-refractivity contribution is -0.151. The molecule has 2 aromatic carbocycles. The van der Waals surface area contributed by atoms with Gasteiger partial charge in [0.25, 0.3) is 5.91 Å². The predicted octanol–water partition coefficient (Wildman–Crippen LogP) is 3.80. The van der Waals surface area contributed by atoms with E-state index in [-0.39, 0.29) is 31.4 Å². The smallest absolute Gasteiger partial charge is 0.325 e. The summed E-state index contributed by atoms with van der Waals surface area (Å²) in [5.41, 5.74) is 2.91. The van der Waals surface area contributed by atoms with Crippen LogP contribution in [-0.2, 0) is 19.1 Å². The van der Waals surface area contributed by atoms with E-state index in [1.54, 1.807) is 14.0 Å². The van der Waals surface area contributed by atoms with E-state index in [9.17, 15) is 14.4 Å². The Bertz CT molecular complexity index is 1020. The van der Waals surface area contributed by atoms with Crippen LogP contribution in [-0.4, -0.2) is 54.8 Å². The van der Waals surface area contributed by atoms with Gasteiger partial charge in [0, 0.05) is 24.6 Å². The SMILES string of the molecule is CCCCCC(=O)N(CC(=O)OCC)[C@@H]1N=C(c2ccccc2)c2ccccc2N(C)C1=O. The van der Waals surface area contributed by atoms with Crippen LogP contribution in [0.5, 0.6) is 0 Å². The molecule has 7 nitrogen and oxygen atoms in total. The van der Waals surface area contributed by atoms with Crippen molar-refractivity contribution in [1.82, 2.24) is 4.90 Å². The molecular weight excluding hydrogens is 418 g/mol. The van der Waals surface area contributed by atoms with Gasteiger partial charge < -0.3 is 14.5 Å². The second kappa shape index (κ2) is 11.4. The molecule has 0 N–H and O–H groups in total. The van der Waals surface area contributed by atoms with Crippen molar-refractivity contribution in [2.75, 3.05) is 25.1 Å². The number of para-hydroxylation sites is 1. The van der Waals surface area contributed by atoms with Gasteiger partial charge in [-0.2, -0.15) is 0 Å². The van der Waals surface area contributed by atoms with Gasteiger partial charge in [0.15, 0.2) is 0 Å². The Hall–Kier alpha value is -3.48. The van der Waals surface area contributed by atoms with Gasteiger partial charge in [0.05, 0.1) is 18.0 Å². The van der Waals surface area contributed by atoms with Crippen LogP contribution in [0.4, 0.5) is 5.69 Å². The third-order valence-electron chi connectivity index (χ3n) is 5.59. The highest BCUT2D eigenvalue weighted by Crippen LogP contribution is 2.28. The number of hydrogen-bond acceptors (Lipinski definition) is 5. The zero-order valence-electron chi connectivity index (χ0n) is 19.5. The highest BCUT2D eigenvalue weighted by molar-refractivity contribution is 6.20. The van der Waals surface area contributed by atoms with Gasteiger partial charge in [-0.3, -0.25) is 14.4 Å². The summed E-state index contributed by atoms with van der Waals surface area (Å²) in [6.07, 6.45) is 1.60. The molecular formula is C26H31N3O4. The zero-order valence-corrected chi connectivity index (χ0v) is 19.5. The van der Waals surface area contributed by atoms with Gasteiger partial charge in [-0.05, 0) is 19.4 Å². The minimum absolute atomic E-state index is 0.194. The number of anilines is 1. The first-order valence-electron chi connectivity index (χ1n) is 11.4. The van der Waals surface area contributed by atoms with Gasteiger partial charge in [-0.1, -0.05) is 68.3 Å². The highest BCUT2D eigenvalue weighted by atomic mass is 16.5. The number of amides is 2. The molecule has 2 amide bonds. The summed E-state index contributed by atoms with van der Waals surface area (Å²) in [7, 11) is 1.67. The summed E-state index contributed by atoms with van der Waals surface area (Å²) in [5.74, 6) is -1.22. The molecule has 174 valence electrons. The van der Waals surface area contributed by atoms with Crippen LogP contribution in [0, 0.1) is 0 Å². The minimum Gasteiger partial charge on any atom is -0.465 e. The summed E-state index contributed by atoms with van der Waals surface area (Å²) in [6.45, 7) is 3.63. The van der Waals surface area contributed by atoms with Crippen molar-refractivity contribution in [2.24, 2.45) is 4.99 Å². The average molecular weight is 450 g/mol. The van der Waals surface area contributed by atoms with E-state index in [1.807, 2.05) is 54.6 Å². The van der Waals surface area contributed by atoms with Crippen molar-refractivity contribution >= 4 is 29.2 Å². The van der Waals surface area contributed by atoms with E-state index in [0.29, 0.717) is 17.8 Å². The van der Waals surface area contributed by atoms with Crippen LogP contribution >= 0.6 is 0 Å². The van der Waals surface area contributed by atoms with Crippen molar-refractivity contribution in [2.45, 2.75) is 45.7 Å². The van der Waals surface area contributed by atoms with Gasteiger partial charge in [0.1, 0.15) is 6.54 Å². The first-order valence-corrected chi connectivity index (χ1v) is 11.4. The number of benzene rings is 2. The Kier molecular flexibility index (Phi) is 8.35. The number of carbonyl (C=O) groups excluding carboxylic acids is 3. The molecule has 3 rings (SSSR count). The first-order chi connectivity index (χ1) is 16.0. The molecule has 0 aliphatic carbocycles. The van der Waals surface area contributed by atoms with E-state index in [1.165, 1.54) is 9.80 Å². The Balaban J connectivity index is 2.10. The molecule has 0 fully saturated rings. The number of aliphatic imine (C=N–C) groups is 1. The van der Waals surface area contributed by atoms with E-state index >= 15 is 0 Å². The number of nitrogens with zero attached hydrogens (tertiary/aromatic N) is 3. The third-order valence-corrected chi connectivity index (χ3v) is 5.59. The van der Waals surface area contributed by atoms with Crippen LogP contribution in [0.3, 0.4) is 0 Å². The van der Waals surface area contributed by atoms with Crippen LogP contribution in [0.1, 0.15) is 50.7 Å². The predicted molar refractivity (Wildman–Crippen MR) is 128 cm³/mol. The maximum absolute atomic E-state index is 13.6. The Morgan fingerprint density at radius 1 is 1.03 bits per heavy atom. The minimum atomic E-state index is -1.17. The fourth-order valence-electron chi connectivity index (χ4n) is 3.86. The van der Waals surface area contributed by atoms with Crippen molar-refractivity contribution in [3.8, 4) is 0 Å². The summed E-state index contributed by atoms with van der Waals surface area (Å²) >= 11 is 0. The molecule has 0 spiro atoms. The van der Waals surface area contributed by atoms with Crippen LogP contribution in [0.25, 0.3) is 0 Å². The lowest BCUT2D eigenvalue weighted by Crippen LogP contribution is -2.51. The highest BCUT2D eigenvalue weighted by Gasteiger charge is 2.37. The molecule has 7 heteroatoms. The molecule has 0 bridgehead atoms. The number of ether oxygens (including phenoxy) is 1. The van der Waals surface area contributed by atoms with Crippen molar-refractivity contribution in [1.29, 1.82) is 0 Å². The summed E-state index contributed by atoms with van der Waals surface area (Å²) in [5, 5.41) is 0. The number of rotatable bonds is 9. The van der Waals surface area contributed by atoms with Gasteiger partial charge >= 0.3 is 5.97 Å². The van der Waals surface area contributed by atoms with Crippen LogP contribution in [0.15, 0.2) is 59.6 Å².